The highest BCUT2D eigenvalue weighted by Crippen LogP contribution is 2.14. The molecule has 0 saturated carbocycles. The van der Waals surface area contributed by atoms with Crippen LogP contribution in [0.5, 0.6) is 0 Å². The maximum Gasteiger partial charge on any atom is 0.258 e. The number of benzene rings is 2. The molecular weight excluding hydrogens is 395 g/mol. The normalized spacial score (nSPS) is 10.0. The van der Waals surface area contributed by atoms with Gasteiger partial charge < -0.3 is 5.32 Å². The second-order valence-electron chi connectivity index (χ2n) is 4.69. The van der Waals surface area contributed by atoms with E-state index >= 15 is 0 Å². The maximum atomic E-state index is 12.1. The van der Waals surface area contributed by atoms with Gasteiger partial charge in [0.1, 0.15) is 0 Å². The zero-order chi connectivity index (χ0) is 15.4. The number of carbonyl (C=O) groups excluding carboxylic acids is 1. The Morgan fingerprint density at radius 2 is 1.81 bits per heavy atom. The van der Waals surface area contributed by atoms with Crippen molar-refractivity contribution in [2.45, 2.75) is 13.8 Å². The van der Waals surface area contributed by atoms with Crippen LogP contribution in [0.2, 0.25) is 0 Å². The summed E-state index contributed by atoms with van der Waals surface area (Å²) in [5.74, 6) is -0.207. The average Bonchev–Trinajstić information content (AvgIpc) is 2.43. The minimum atomic E-state index is -0.207. The van der Waals surface area contributed by atoms with Crippen molar-refractivity contribution in [2.24, 2.45) is 0 Å². The van der Waals surface area contributed by atoms with E-state index in [2.05, 4.69) is 40.1 Å². The lowest BCUT2D eigenvalue weighted by Crippen LogP contribution is -2.34. The highest BCUT2D eigenvalue weighted by molar-refractivity contribution is 14.1. The summed E-state index contributed by atoms with van der Waals surface area (Å²) >= 11 is 7.32. The van der Waals surface area contributed by atoms with Crippen molar-refractivity contribution in [3.8, 4) is 0 Å². The second-order valence-corrected chi connectivity index (χ2v) is 6.26. The molecule has 2 aromatic rings. The van der Waals surface area contributed by atoms with Gasteiger partial charge in [0, 0.05) is 9.26 Å². The maximum absolute atomic E-state index is 12.1. The number of aryl methyl sites for hydroxylation is 2. The predicted molar refractivity (Wildman–Crippen MR) is 98.8 cm³/mol. The fourth-order valence-corrected chi connectivity index (χ4v) is 2.64. The molecule has 0 aliphatic carbocycles. The summed E-state index contributed by atoms with van der Waals surface area (Å²) in [7, 11) is 0. The van der Waals surface area contributed by atoms with Gasteiger partial charge in [-0.15, -0.1) is 0 Å². The SMILES string of the molecule is Cc1ccc(NC(=S)NC(=O)c2ccccc2I)cc1C. The molecule has 0 heterocycles. The minimum Gasteiger partial charge on any atom is -0.332 e. The Kier molecular flexibility index (Phi) is 5.30. The summed E-state index contributed by atoms with van der Waals surface area (Å²) in [5.41, 5.74) is 3.87. The van der Waals surface area contributed by atoms with E-state index in [-0.39, 0.29) is 5.91 Å². The first-order valence-corrected chi connectivity index (χ1v) is 7.90. The monoisotopic (exact) mass is 410 g/mol. The topological polar surface area (TPSA) is 41.1 Å². The predicted octanol–water partition coefficient (Wildman–Crippen LogP) is 4.03. The Balaban J connectivity index is 2.03. The summed E-state index contributed by atoms with van der Waals surface area (Å²) in [6, 6.07) is 13.3. The van der Waals surface area contributed by atoms with Crippen LogP contribution in [-0.4, -0.2) is 11.0 Å². The van der Waals surface area contributed by atoms with E-state index in [9.17, 15) is 4.79 Å². The molecule has 21 heavy (non-hydrogen) atoms. The van der Waals surface area contributed by atoms with Crippen LogP contribution in [0, 0.1) is 17.4 Å². The first-order valence-electron chi connectivity index (χ1n) is 6.41. The molecule has 1 amide bonds. The van der Waals surface area contributed by atoms with Gasteiger partial charge in [0.05, 0.1) is 5.56 Å². The minimum absolute atomic E-state index is 0.207. The van der Waals surface area contributed by atoms with Crippen molar-refractivity contribution in [1.82, 2.24) is 5.32 Å². The standard InChI is InChI=1S/C16H15IN2OS/c1-10-7-8-12(9-11(10)2)18-16(21)19-15(20)13-5-3-4-6-14(13)17/h3-9H,1-2H3,(H2,18,19,20,21). The zero-order valence-corrected chi connectivity index (χ0v) is 14.7. The molecule has 5 heteroatoms. The van der Waals surface area contributed by atoms with Crippen LogP contribution in [0.15, 0.2) is 42.5 Å². The lowest BCUT2D eigenvalue weighted by atomic mass is 10.1. The van der Waals surface area contributed by atoms with Gasteiger partial charge in [-0.2, -0.15) is 0 Å². The van der Waals surface area contributed by atoms with Crippen molar-refractivity contribution >= 4 is 51.5 Å². The summed E-state index contributed by atoms with van der Waals surface area (Å²) in [6.45, 7) is 4.09. The average molecular weight is 410 g/mol. The molecule has 2 rings (SSSR count). The summed E-state index contributed by atoms with van der Waals surface area (Å²) in [6.07, 6.45) is 0. The van der Waals surface area contributed by atoms with Gasteiger partial charge in [0.2, 0.25) is 0 Å². The van der Waals surface area contributed by atoms with E-state index in [1.165, 1.54) is 11.1 Å². The quantitative estimate of drug-likeness (QED) is 0.580. The van der Waals surface area contributed by atoms with Crippen LogP contribution in [0.3, 0.4) is 0 Å². The molecule has 0 atom stereocenters. The van der Waals surface area contributed by atoms with Crippen LogP contribution in [0.1, 0.15) is 21.5 Å². The summed E-state index contributed by atoms with van der Waals surface area (Å²) in [4.78, 5) is 12.1. The molecule has 2 N–H and O–H groups in total. The molecule has 2 aromatic carbocycles. The number of hydrogen-bond acceptors (Lipinski definition) is 2. The Hall–Kier alpha value is -1.47. The smallest absolute Gasteiger partial charge is 0.258 e. The lowest BCUT2D eigenvalue weighted by Gasteiger charge is -2.11. The highest BCUT2D eigenvalue weighted by atomic mass is 127. The number of halogens is 1. The summed E-state index contributed by atoms with van der Waals surface area (Å²) < 4.78 is 0.890. The van der Waals surface area contributed by atoms with Gasteiger partial charge in [-0.05, 0) is 84.0 Å². The van der Waals surface area contributed by atoms with Gasteiger partial charge >= 0.3 is 0 Å². The van der Waals surface area contributed by atoms with Crippen molar-refractivity contribution in [1.29, 1.82) is 0 Å². The van der Waals surface area contributed by atoms with Gasteiger partial charge in [0.15, 0.2) is 5.11 Å². The molecule has 108 valence electrons. The van der Waals surface area contributed by atoms with Crippen LogP contribution < -0.4 is 10.6 Å². The third-order valence-corrected chi connectivity index (χ3v) is 4.26. The van der Waals surface area contributed by atoms with Crippen molar-refractivity contribution in [2.75, 3.05) is 5.32 Å². The molecule has 0 saturated heterocycles. The third kappa shape index (κ3) is 4.25. The fraction of sp³-hybridized carbons (Fsp3) is 0.125. The third-order valence-electron chi connectivity index (χ3n) is 3.11. The molecule has 0 spiro atoms. The second kappa shape index (κ2) is 7.00. The van der Waals surface area contributed by atoms with Crippen LogP contribution in [0.4, 0.5) is 5.69 Å². The van der Waals surface area contributed by atoms with E-state index in [4.69, 9.17) is 12.2 Å². The number of nitrogens with one attached hydrogen (secondary N) is 2. The Morgan fingerprint density at radius 3 is 2.48 bits per heavy atom. The molecule has 0 bridgehead atoms. The van der Waals surface area contributed by atoms with Crippen molar-refractivity contribution < 1.29 is 4.79 Å². The Morgan fingerprint density at radius 1 is 1.10 bits per heavy atom. The number of amides is 1. The number of rotatable bonds is 2. The Bertz CT molecular complexity index is 700. The molecular formula is C16H15IN2OS. The zero-order valence-electron chi connectivity index (χ0n) is 11.7. The van der Waals surface area contributed by atoms with E-state index < -0.39 is 0 Å². The van der Waals surface area contributed by atoms with Crippen LogP contribution in [0.25, 0.3) is 0 Å². The molecule has 0 unspecified atom stereocenters. The highest BCUT2D eigenvalue weighted by Gasteiger charge is 2.10. The molecule has 0 aliphatic heterocycles. The number of anilines is 1. The van der Waals surface area contributed by atoms with Gasteiger partial charge in [-0.3, -0.25) is 10.1 Å². The molecule has 0 fully saturated rings. The lowest BCUT2D eigenvalue weighted by molar-refractivity contribution is 0.0977. The van der Waals surface area contributed by atoms with Gasteiger partial charge in [0.25, 0.3) is 5.91 Å². The van der Waals surface area contributed by atoms with E-state index in [0.29, 0.717) is 10.7 Å². The van der Waals surface area contributed by atoms with E-state index in [0.717, 1.165) is 9.26 Å². The number of thiocarbonyl (C=S) groups is 1. The van der Waals surface area contributed by atoms with Gasteiger partial charge in [-0.25, -0.2) is 0 Å². The first-order chi connectivity index (χ1) is 9.97. The van der Waals surface area contributed by atoms with Gasteiger partial charge in [-0.1, -0.05) is 18.2 Å². The molecule has 0 radical (unpaired) electrons. The molecule has 0 aromatic heterocycles. The molecule has 0 aliphatic rings. The van der Waals surface area contributed by atoms with E-state index in [1.54, 1.807) is 6.07 Å². The summed E-state index contributed by atoms with van der Waals surface area (Å²) in [5, 5.41) is 6.02. The first kappa shape index (κ1) is 15.9. The van der Waals surface area contributed by atoms with Crippen molar-refractivity contribution in [3.63, 3.8) is 0 Å². The van der Waals surface area contributed by atoms with Crippen LogP contribution >= 0.6 is 34.8 Å². The number of carbonyl (C=O) groups is 1. The van der Waals surface area contributed by atoms with Crippen LogP contribution in [-0.2, 0) is 0 Å². The van der Waals surface area contributed by atoms with E-state index in [1.807, 2.05) is 43.3 Å². The molecule has 3 nitrogen and oxygen atoms in total. The fourth-order valence-electron chi connectivity index (χ4n) is 1.80. The largest absolute Gasteiger partial charge is 0.332 e. The Labute approximate surface area is 143 Å². The number of hydrogen-bond donors (Lipinski definition) is 2. The van der Waals surface area contributed by atoms with Crippen molar-refractivity contribution in [3.05, 3.63) is 62.7 Å².